The molecule has 0 bridgehead atoms. The third-order valence-electron chi connectivity index (χ3n) is 7.06. The number of anilines is 1. The highest BCUT2D eigenvalue weighted by molar-refractivity contribution is 6.10. The predicted octanol–water partition coefficient (Wildman–Crippen LogP) is 4.37. The number of fused-ring (bicyclic) bond motifs is 1. The smallest absolute Gasteiger partial charge is 0.301 e. The van der Waals surface area contributed by atoms with Crippen LogP contribution in [-0.2, 0) is 4.79 Å². The molecule has 10 nitrogen and oxygen atoms in total. The zero-order chi connectivity index (χ0) is 24.1. The monoisotopic (exact) mass is 452 g/mol. The van der Waals surface area contributed by atoms with Gasteiger partial charge in [0.15, 0.2) is 5.78 Å². The molecule has 1 spiro atoms. The largest absolute Gasteiger partial charge is 0.381 e. The number of aliphatic hydroxyl groups is 1. The minimum Gasteiger partial charge on any atom is -0.381 e. The average molecular weight is 452 g/mol. The van der Waals surface area contributed by atoms with E-state index in [0.29, 0.717) is 18.4 Å². The summed E-state index contributed by atoms with van der Waals surface area (Å²) in [6.45, 7) is 5.56. The van der Waals surface area contributed by atoms with Gasteiger partial charge in [-0.05, 0) is 75.3 Å². The molecule has 0 amide bonds. The molecule has 33 heavy (non-hydrogen) atoms. The quantitative estimate of drug-likeness (QED) is 0.354. The van der Waals surface area contributed by atoms with Crippen molar-refractivity contribution in [2.45, 2.75) is 52.1 Å². The highest BCUT2D eigenvalue weighted by Gasteiger charge is 2.64. The summed E-state index contributed by atoms with van der Waals surface area (Å²) < 4.78 is 0. The van der Waals surface area contributed by atoms with Crippen LogP contribution in [0.15, 0.2) is 57.2 Å². The van der Waals surface area contributed by atoms with E-state index in [2.05, 4.69) is 10.5 Å². The van der Waals surface area contributed by atoms with E-state index in [1.165, 1.54) is 12.1 Å². The summed E-state index contributed by atoms with van der Waals surface area (Å²) in [5, 5.41) is 37.0. The maximum Gasteiger partial charge on any atom is 0.301 e. The van der Waals surface area contributed by atoms with Crippen molar-refractivity contribution >= 4 is 29.1 Å². The summed E-state index contributed by atoms with van der Waals surface area (Å²) in [7, 11) is 0. The summed E-state index contributed by atoms with van der Waals surface area (Å²) in [6.07, 6.45) is 6.12. The van der Waals surface area contributed by atoms with Crippen LogP contribution < -0.4 is 5.43 Å². The number of hydrogen-bond donors (Lipinski definition) is 2. The highest BCUT2D eigenvalue weighted by Crippen LogP contribution is 2.65. The summed E-state index contributed by atoms with van der Waals surface area (Å²) in [6, 6.07) is 3.30. The van der Waals surface area contributed by atoms with Crippen molar-refractivity contribution in [3.05, 3.63) is 72.4 Å². The Morgan fingerprint density at radius 3 is 2.52 bits per heavy atom. The topological polar surface area (TPSA) is 148 Å². The van der Waals surface area contributed by atoms with Gasteiger partial charge in [-0.25, -0.2) is 0 Å². The molecule has 172 valence electrons. The summed E-state index contributed by atoms with van der Waals surface area (Å²) >= 11 is 0. The molecule has 3 aliphatic carbocycles. The summed E-state index contributed by atoms with van der Waals surface area (Å²) in [5.74, 6) is -0.226. The van der Waals surface area contributed by atoms with Crippen molar-refractivity contribution in [2.75, 3.05) is 5.43 Å². The number of carbonyl (C=O) groups excluding carboxylic acids is 1. The number of hydrazone groups is 1. The first kappa shape index (κ1) is 22.5. The van der Waals surface area contributed by atoms with Crippen LogP contribution in [0.3, 0.4) is 0 Å². The van der Waals surface area contributed by atoms with Gasteiger partial charge in [-0.15, -0.1) is 0 Å². The van der Waals surface area contributed by atoms with Crippen LogP contribution in [0.25, 0.3) is 0 Å². The Bertz CT molecular complexity index is 1220. The second-order valence-corrected chi connectivity index (χ2v) is 8.88. The van der Waals surface area contributed by atoms with Crippen LogP contribution in [-0.4, -0.2) is 32.6 Å². The Kier molecular flexibility index (Phi) is 5.28. The first-order valence-corrected chi connectivity index (χ1v) is 10.6. The molecular weight excluding hydrogens is 428 g/mol. The fourth-order valence-electron chi connectivity index (χ4n) is 5.00. The van der Waals surface area contributed by atoms with E-state index >= 15 is 0 Å². The van der Waals surface area contributed by atoms with Gasteiger partial charge in [0, 0.05) is 23.3 Å². The maximum atomic E-state index is 13.0. The van der Waals surface area contributed by atoms with Crippen LogP contribution >= 0.6 is 0 Å². The van der Waals surface area contributed by atoms with Gasteiger partial charge >= 0.3 is 5.69 Å². The van der Waals surface area contributed by atoms with E-state index in [1.807, 2.05) is 19.9 Å². The molecule has 1 aromatic carbocycles. The minimum absolute atomic E-state index is 0.0522. The molecule has 1 saturated carbocycles. The second-order valence-electron chi connectivity index (χ2n) is 8.88. The van der Waals surface area contributed by atoms with Crippen molar-refractivity contribution < 1.29 is 19.7 Å². The van der Waals surface area contributed by atoms with Gasteiger partial charge < -0.3 is 5.11 Å². The van der Waals surface area contributed by atoms with Gasteiger partial charge in [-0.3, -0.25) is 30.4 Å². The predicted molar refractivity (Wildman–Crippen MR) is 122 cm³/mol. The van der Waals surface area contributed by atoms with Gasteiger partial charge in [0.2, 0.25) is 0 Å². The van der Waals surface area contributed by atoms with E-state index < -0.39 is 26.6 Å². The highest BCUT2D eigenvalue weighted by atomic mass is 16.6. The van der Waals surface area contributed by atoms with Gasteiger partial charge in [0.1, 0.15) is 11.3 Å². The Morgan fingerprint density at radius 1 is 1.21 bits per heavy atom. The number of non-ortho nitro benzene ring substituents is 1. The normalized spacial score (nSPS) is 23.3. The van der Waals surface area contributed by atoms with Gasteiger partial charge in [-0.1, -0.05) is 5.57 Å². The molecule has 0 saturated heterocycles. The summed E-state index contributed by atoms with van der Waals surface area (Å²) in [5.41, 5.74) is 4.56. The molecule has 4 rings (SSSR count). The Labute approximate surface area is 189 Å². The average Bonchev–Trinajstić information content (AvgIpc) is 3.51. The first-order chi connectivity index (χ1) is 15.5. The lowest BCUT2D eigenvalue weighted by atomic mass is 9.67. The van der Waals surface area contributed by atoms with Gasteiger partial charge in [0.25, 0.3) is 5.69 Å². The molecule has 10 heteroatoms. The lowest BCUT2D eigenvalue weighted by Gasteiger charge is -2.39. The number of nitro benzene ring substituents is 2. The zero-order valence-corrected chi connectivity index (χ0v) is 18.5. The van der Waals surface area contributed by atoms with Crippen LogP contribution in [0.1, 0.15) is 46.5 Å². The Balaban J connectivity index is 1.47. The molecule has 0 unspecified atom stereocenters. The van der Waals surface area contributed by atoms with E-state index in [-0.39, 0.29) is 17.2 Å². The molecule has 1 atom stereocenters. The second kappa shape index (κ2) is 7.73. The van der Waals surface area contributed by atoms with Crippen LogP contribution in [0.5, 0.6) is 0 Å². The number of nitro groups is 2. The van der Waals surface area contributed by atoms with Crippen molar-refractivity contribution in [1.29, 1.82) is 0 Å². The molecule has 0 aromatic heterocycles. The molecule has 3 aliphatic rings. The molecule has 0 radical (unpaired) electrons. The van der Waals surface area contributed by atoms with Crippen molar-refractivity contribution in [1.82, 2.24) is 0 Å². The van der Waals surface area contributed by atoms with E-state index in [9.17, 15) is 30.1 Å². The number of benzene rings is 1. The van der Waals surface area contributed by atoms with Gasteiger partial charge in [-0.2, -0.15) is 5.10 Å². The first-order valence-electron chi connectivity index (χ1n) is 10.6. The number of allylic oxidation sites excluding steroid dienone is 4. The lowest BCUT2D eigenvalue weighted by molar-refractivity contribution is -0.393. The van der Waals surface area contributed by atoms with Gasteiger partial charge in [0.05, 0.1) is 15.9 Å². The number of nitrogens with one attached hydrogen (secondary N) is 1. The fourth-order valence-corrected chi connectivity index (χ4v) is 5.00. The molecule has 1 fully saturated rings. The SMILES string of the molecule is CC1=C(CC/C=N/Nc2ccc([N+](=O)[O-])cc2[N+](=O)[O-])C2=C(C)C3(CC3)[C@@](C)(O)C(=O)C2=C1. The molecule has 2 N–H and O–H groups in total. The van der Waals surface area contributed by atoms with Crippen molar-refractivity contribution in [3.8, 4) is 0 Å². The molecule has 0 aliphatic heterocycles. The number of hydrogen-bond acceptors (Lipinski definition) is 8. The fraction of sp³-hybridized carbons (Fsp3) is 0.391. The molecular formula is C23H24N4O6. The molecule has 1 aromatic rings. The van der Waals surface area contributed by atoms with E-state index in [0.717, 1.165) is 41.2 Å². The Hall–Kier alpha value is -3.66. The van der Waals surface area contributed by atoms with Crippen LogP contribution in [0.4, 0.5) is 17.1 Å². The number of Topliss-reactive ketones (excluding diaryl/α,β-unsaturated/α-hetero) is 1. The third-order valence-corrected chi connectivity index (χ3v) is 7.06. The Morgan fingerprint density at radius 2 is 1.91 bits per heavy atom. The lowest BCUT2D eigenvalue weighted by Crippen LogP contribution is -2.49. The summed E-state index contributed by atoms with van der Waals surface area (Å²) in [4.78, 5) is 33.7. The molecule has 0 heterocycles. The number of rotatable bonds is 7. The third kappa shape index (κ3) is 3.46. The van der Waals surface area contributed by atoms with Crippen molar-refractivity contribution in [3.63, 3.8) is 0 Å². The number of nitrogens with zero attached hydrogens (tertiary/aromatic N) is 3. The number of ketones is 1. The van der Waals surface area contributed by atoms with E-state index in [1.54, 1.807) is 13.1 Å². The zero-order valence-electron chi connectivity index (χ0n) is 18.5. The maximum absolute atomic E-state index is 13.0. The van der Waals surface area contributed by atoms with E-state index in [4.69, 9.17) is 0 Å². The standard InChI is InChI=1S/C23H24N4O6/c1-13-11-17-20(14(2)23(8-9-23)22(3,29)21(17)28)16(13)5-4-10-24-25-18-7-6-15(26(30)31)12-19(18)27(32)33/h6-7,10-12,25,29H,4-5,8-9H2,1-3H3/b24-10+/t22-/m0/s1. The number of carbonyl (C=O) groups is 1. The van der Waals surface area contributed by atoms with Crippen LogP contribution in [0.2, 0.25) is 0 Å². The van der Waals surface area contributed by atoms with Crippen LogP contribution in [0, 0.1) is 25.6 Å². The van der Waals surface area contributed by atoms with Crippen molar-refractivity contribution in [2.24, 2.45) is 10.5 Å². The minimum atomic E-state index is -1.38.